The van der Waals surface area contributed by atoms with E-state index in [1.807, 2.05) is 6.07 Å². The summed E-state index contributed by atoms with van der Waals surface area (Å²) in [7, 11) is 1.52. The number of nitrogens with one attached hydrogen (secondary N) is 2. The molecule has 0 aliphatic heterocycles. The molecule has 0 radical (unpaired) electrons. The molecule has 13 heteroatoms. The van der Waals surface area contributed by atoms with Gasteiger partial charge in [-0.2, -0.15) is 9.78 Å². The van der Waals surface area contributed by atoms with E-state index in [1.54, 1.807) is 36.4 Å². The largest absolute Gasteiger partial charge is 0.872 e. The normalized spacial score (nSPS) is 11.3. The minimum atomic E-state index is -0.665. The highest BCUT2D eigenvalue weighted by Gasteiger charge is 2.25. The Kier molecular flexibility index (Phi) is 7.20. The summed E-state index contributed by atoms with van der Waals surface area (Å²) in [5.41, 5.74) is 10.2. The molecule has 0 aliphatic rings. The molecule has 2 heterocycles. The van der Waals surface area contributed by atoms with Crippen LogP contribution in [0.15, 0.2) is 52.2 Å². The number of anilines is 1. The van der Waals surface area contributed by atoms with Gasteiger partial charge in [0, 0.05) is 5.56 Å². The maximum atomic E-state index is 13.0. The van der Waals surface area contributed by atoms with E-state index in [0.29, 0.717) is 16.9 Å². The van der Waals surface area contributed by atoms with Crippen LogP contribution in [0.5, 0.6) is 11.5 Å². The second-order valence-corrected chi connectivity index (χ2v) is 7.67. The number of hydrogen-bond acceptors (Lipinski definition) is 10. The number of methoxy groups -OCH3 is 1. The molecule has 0 saturated carbocycles. The summed E-state index contributed by atoms with van der Waals surface area (Å²) in [6, 6.07) is 12.1. The third kappa shape index (κ3) is 4.86. The Morgan fingerprint density at radius 3 is 2.72 bits per heavy atom. The second-order valence-electron chi connectivity index (χ2n) is 7.67. The standard InChI is InChI=1S/C23H25N9O4/c1-4-31(5-2)16-10-9-15(18(33)12-16)13-25-27-23(34)19-20(14-7-6-8-17(11-14)35-3)32(30-26-19)22-21(24)28-36-29-22/h6-13,33H,4-5H2,1-3H3,(H2,24,28)(H,27,34). The molecule has 1 amide bonds. The van der Waals surface area contributed by atoms with Gasteiger partial charge in [0.1, 0.15) is 17.1 Å². The molecule has 0 unspecified atom stereocenters. The fourth-order valence-electron chi connectivity index (χ4n) is 3.68. The fourth-order valence-corrected chi connectivity index (χ4v) is 3.68. The van der Waals surface area contributed by atoms with Gasteiger partial charge in [-0.1, -0.05) is 23.1 Å². The lowest BCUT2D eigenvalue weighted by atomic mass is 10.1. The van der Waals surface area contributed by atoms with Crippen LogP contribution < -0.4 is 25.9 Å². The van der Waals surface area contributed by atoms with Crippen molar-refractivity contribution < 1.29 is 24.2 Å². The van der Waals surface area contributed by atoms with Crippen LogP contribution in [0.2, 0.25) is 0 Å². The number of rotatable bonds is 9. The van der Waals surface area contributed by atoms with Gasteiger partial charge in [0.15, 0.2) is 5.69 Å². The van der Waals surface area contributed by atoms with Crippen LogP contribution in [0.1, 0.15) is 29.9 Å². The van der Waals surface area contributed by atoms with Gasteiger partial charge in [-0.15, -0.1) is 5.10 Å². The van der Waals surface area contributed by atoms with E-state index in [1.165, 1.54) is 22.9 Å². The van der Waals surface area contributed by atoms with Gasteiger partial charge in [-0.25, -0.2) is 10.1 Å². The number of aromatic nitrogens is 5. The summed E-state index contributed by atoms with van der Waals surface area (Å²) in [5, 5.41) is 31.8. The van der Waals surface area contributed by atoms with Gasteiger partial charge in [0.05, 0.1) is 26.4 Å². The van der Waals surface area contributed by atoms with Gasteiger partial charge in [0.2, 0.25) is 11.6 Å². The highest BCUT2D eigenvalue weighted by Crippen LogP contribution is 2.29. The average molecular weight is 492 g/mol. The number of carbonyl (C=O) groups excluding carboxylic acids is 1. The first-order valence-corrected chi connectivity index (χ1v) is 11.1. The molecule has 4 rings (SSSR count). The summed E-state index contributed by atoms with van der Waals surface area (Å²) in [5.74, 6) is -0.279. The first kappa shape index (κ1) is 24.3. The van der Waals surface area contributed by atoms with Crippen molar-refractivity contribution in [3.05, 3.63) is 53.7 Å². The van der Waals surface area contributed by atoms with Crippen LogP contribution in [0.3, 0.4) is 0 Å². The van der Waals surface area contributed by atoms with Gasteiger partial charge in [-0.05, 0) is 60.1 Å². The van der Waals surface area contributed by atoms with Crippen molar-refractivity contribution in [1.29, 1.82) is 0 Å². The first-order valence-electron chi connectivity index (χ1n) is 11.1. The van der Waals surface area contributed by atoms with Crippen LogP contribution in [0, 0.1) is 0 Å². The summed E-state index contributed by atoms with van der Waals surface area (Å²) in [4.78, 5) is 14.2. The second kappa shape index (κ2) is 10.7. The number of ether oxygens (including phenoxy) is 1. The Bertz CT molecular complexity index is 1390. The zero-order chi connectivity index (χ0) is 25.7. The molecular formula is C23H25N9O4. The number of nitrogens with two attached hydrogens (primary N) is 1. The van der Waals surface area contributed by atoms with E-state index in [4.69, 9.17) is 10.5 Å². The van der Waals surface area contributed by atoms with Gasteiger partial charge >= 0.3 is 0 Å². The highest BCUT2D eigenvalue weighted by atomic mass is 16.6. The van der Waals surface area contributed by atoms with Crippen LogP contribution in [0.25, 0.3) is 17.1 Å². The smallest absolute Gasteiger partial charge is 0.294 e. The molecule has 0 saturated heterocycles. The van der Waals surface area contributed by atoms with Crippen LogP contribution >= 0.6 is 0 Å². The van der Waals surface area contributed by atoms with Crippen molar-refractivity contribution in [3.63, 3.8) is 0 Å². The Labute approximate surface area is 206 Å². The Morgan fingerprint density at radius 1 is 1.25 bits per heavy atom. The lowest BCUT2D eigenvalue weighted by Gasteiger charge is -2.18. The van der Waals surface area contributed by atoms with E-state index in [-0.39, 0.29) is 28.8 Å². The van der Waals surface area contributed by atoms with Crippen molar-refractivity contribution in [2.75, 3.05) is 25.9 Å². The van der Waals surface area contributed by atoms with Crippen molar-refractivity contribution in [1.82, 2.24) is 30.7 Å². The van der Waals surface area contributed by atoms with Crippen LogP contribution in [0.4, 0.5) is 11.5 Å². The molecule has 186 valence electrons. The number of nitrogens with zero attached hydrogens (tertiary/aromatic N) is 6. The van der Waals surface area contributed by atoms with Crippen molar-refractivity contribution in [2.24, 2.45) is 5.10 Å². The van der Waals surface area contributed by atoms with E-state index < -0.39 is 5.91 Å². The van der Waals surface area contributed by atoms with E-state index >= 15 is 0 Å². The zero-order valence-electron chi connectivity index (χ0n) is 19.9. The molecule has 0 fully saturated rings. The third-order valence-electron chi connectivity index (χ3n) is 5.57. The van der Waals surface area contributed by atoms with Gasteiger partial charge in [-0.3, -0.25) is 4.79 Å². The SMILES string of the molecule is CC[NH+](CC)c1ccc(C=NNC(=O)c2nnn(-c3nonc3N)c2-c2cccc(OC)c2)c([O-])c1. The Hall–Kier alpha value is -4.78. The summed E-state index contributed by atoms with van der Waals surface area (Å²) >= 11 is 0. The Morgan fingerprint density at radius 2 is 2.06 bits per heavy atom. The predicted octanol–water partition coefficient (Wildman–Crippen LogP) is 0.302. The maximum Gasteiger partial charge on any atom is 0.294 e. The van der Waals surface area contributed by atoms with E-state index in [2.05, 4.69) is 49.6 Å². The van der Waals surface area contributed by atoms with Crippen molar-refractivity contribution >= 4 is 23.6 Å². The molecule has 2 aromatic heterocycles. The van der Waals surface area contributed by atoms with Gasteiger partial charge in [0.25, 0.3) is 5.91 Å². The number of quaternary nitrogens is 1. The summed E-state index contributed by atoms with van der Waals surface area (Å²) in [6.07, 6.45) is 1.29. The summed E-state index contributed by atoms with van der Waals surface area (Å²) in [6.45, 7) is 5.84. The van der Waals surface area contributed by atoms with Crippen LogP contribution in [-0.2, 0) is 0 Å². The minimum absolute atomic E-state index is 0.0352. The van der Waals surface area contributed by atoms with E-state index in [0.717, 1.165) is 18.8 Å². The molecule has 4 N–H and O–H groups in total. The number of hydrazone groups is 1. The quantitative estimate of drug-likeness (QED) is 0.220. The Balaban J connectivity index is 1.62. The lowest BCUT2D eigenvalue weighted by molar-refractivity contribution is -0.828. The average Bonchev–Trinajstić information content (AvgIpc) is 3.52. The summed E-state index contributed by atoms with van der Waals surface area (Å²) < 4.78 is 11.2. The molecule has 36 heavy (non-hydrogen) atoms. The fraction of sp³-hybridized carbons (Fsp3) is 0.217. The maximum absolute atomic E-state index is 13.0. The topological polar surface area (TPSA) is 174 Å². The van der Waals surface area contributed by atoms with Crippen molar-refractivity contribution in [3.8, 4) is 28.6 Å². The molecule has 0 aliphatic carbocycles. The molecule has 4 aromatic rings. The number of carbonyl (C=O) groups is 1. The monoisotopic (exact) mass is 491 g/mol. The molecule has 2 aromatic carbocycles. The first-order chi connectivity index (χ1) is 17.5. The molecule has 0 atom stereocenters. The highest BCUT2D eigenvalue weighted by molar-refractivity contribution is 5.99. The van der Waals surface area contributed by atoms with Gasteiger partial charge < -0.3 is 20.5 Å². The predicted molar refractivity (Wildman–Crippen MR) is 128 cm³/mol. The number of amides is 1. The van der Waals surface area contributed by atoms with Crippen molar-refractivity contribution in [2.45, 2.75) is 13.8 Å². The minimum Gasteiger partial charge on any atom is -0.872 e. The molecule has 0 spiro atoms. The molecular weight excluding hydrogens is 466 g/mol. The number of benzene rings is 2. The van der Waals surface area contributed by atoms with Crippen LogP contribution in [-0.4, -0.2) is 57.6 Å². The number of nitrogen functional groups attached to an aromatic ring is 1. The number of hydrogen-bond donors (Lipinski definition) is 3. The van der Waals surface area contributed by atoms with E-state index in [9.17, 15) is 9.90 Å². The molecule has 0 bridgehead atoms. The lowest BCUT2D eigenvalue weighted by Crippen LogP contribution is -3.06. The molecule has 13 nitrogen and oxygen atoms in total. The third-order valence-corrected chi connectivity index (χ3v) is 5.57. The zero-order valence-corrected chi connectivity index (χ0v) is 19.9.